The van der Waals surface area contributed by atoms with Gasteiger partial charge in [0, 0.05) is 30.8 Å². The first-order valence-corrected chi connectivity index (χ1v) is 7.59. The molecule has 6 heteroatoms. The molecule has 2 heterocycles. The number of amides is 1. The fourth-order valence-electron chi connectivity index (χ4n) is 2.70. The first-order valence-electron chi connectivity index (χ1n) is 6.88. The van der Waals surface area contributed by atoms with Crippen LogP contribution in [0.4, 0.5) is 4.39 Å². The lowest BCUT2D eigenvalue weighted by Crippen LogP contribution is -2.39. The van der Waals surface area contributed by atoms with Gasteiger partial charge in [-0.1, -0.05) is 0 Å². The molecule has 1 atom stereocenters. The number of hydrogen-bond acceptors (Lipinski definition) is 2. The number of piperidine rings is 1. The first-order chi connectivity index (χ1) is 10.1. The third kappa shape index (κ3) is 3.15. The molecule has 1 aromatic carbocycles. The Morgan fingerprint density at radius 2 is 2.10 bits per heavy atom. The number of halogens is 2. The largest absolute Gasteiger partial charge is 0.338 e. The quantitative estimate of drug-likeness (QED) is 0.833. The van der Waals surface area contributed by atoms with E-state index in [1.54, 1.807) is 9.92 Å². The second kappa shape index (κ2) is 5.97. The van der Waals surface area contributed by atoms with E-state index in [0.29, 0.717) is 12.1 Å². The Morgan fingerprint density at radius 1 is 1.33 bits per heavy atom. The molecule has 1 amide bonds. The van der Waals surface area contributed by atoms with E-state index in [1.807, 2.05) is 11.1 Å². The van der Waals surface area contributed by atoms with Crippen molar-refractivity contribution in [2.45, 2.75) is 18.8 Å². The summed E-state index contributed by atoms with van der Waals surface area (Å²) in [6.45, 7) is 1.39. The average molecular weight is 352 g/mol. The zero-order chi connectivity index (χ0) is 14.8. The predicted octanol–water partition coefficient (Wildman–Crippen LogP) is 3.20. The fourth-order valence-corrected chi connectivity index (χ4v) is 3.01. The van der Waals surface area contributed by atoms with E-state index >= 15 is 0 Å². The van der Waals surface area contributed by atoms with Crippen LogP contribution in [0.15, 0.2) is 36.8 Å². The summed E-state index contributed by atoms with van der Waals surface area (Å²) in [6.07, 6.45) is 5.61. The average Bonchev–Trinajstić information content (AvgIpc) is 2.94. The minimum absolute atomic E-state index is 0.0435. The second-order valence-corrected chi connectivity index (χ2v) is 6.06. The summed E-state index contributed by atoms with van der Waals surface area (Å²) in [7, 11) is 0. The molecular weight excluding hydrogens is 337 g/mol. The van der Waals surface area contributed by atoms with Crippen LogP contribution in [0.3, 0.4) is 0 Å². The second-order valence-electron chi connectivity index (χ2n) is 5.24. The van der Waals surface area contributed by atoms with Crippen molar-refractivity contribution in [3.63, 3.8) is 0 Å². The zero-order valence-corrected chi connectivity index (χ0v) is 13.0. The zero-order valence-electron chi connectivity index (χ0n) is 11.4. The van der Waals surface area contributed by atoms with Crippen LogP contribution in [0.1, 0.15) is 34.8 Å². The van der Waals surface area contributed by atoms with E-state index in [1.165, 1.54) is 24.3 Å². The number of likely N-dealkylation sites (tertiary alicyclic amines) is 1. The van der Waals surface area contributed by atoms with E-state index in [-0.39, 0.29) is 17.6 Å². The molecule has 1 aliphatic rings. The Hall–Kier alpha value is -1.69. The molecule has 0 radical (unpaired) electrons. The Labute approximate surface area is 130 Å². The smallest absolute Gasteiger partial charge is 0.253 e. The summed E-state index contributed by atoms with van der Waals surface area (Å²) in [4.78, 5) is 18.6. The third-order valence-corrected chi connectivity index (χ3v) is 4.18. The van der Waals surface area contributed by atoms with E-state index < -0.39 is 0 Å². The molecule has 3 rings (SSSR count). The molecule has 0 N–H and O–H groups in total. The minimum Gasteiger partial charge on any atom is -0.338 e. The van der Waals surface area contributed by atoms with Gasteiger partial charge in [0.25, 0.3) is 5.91 Å². The number of imidazole rings is 1. The summed E-state index contributed by atoms with van der Waals surface area (Å²) in [5.74, 6) is -0.120. The predicted molar refractivity (Wildman–Crippen MR) is 80.8 cm³/mol. The summed E-state index contributed by atoms with van der Waals surface area (Å²) in [5.41, 5.74) is 1.52. The molecule has 4 nitrogen and oxygen atoms in total. The van der Waals surface area contributed by atoms with Gasteiger partial charge in [-0.2, -0.15) is 0 Å². The van der Waals surface area contributed by atoms with Gasteiger partial charge in [0.2, 0.25) is 0 Å². The molecule has 1 fully saturated rings. The molecule has 1 aromatic heterocycles. The lowest BCUT2D eigenvalue weighted by atomic mass is 9.95. The fraction of sp³-hybridized carbons (Fsp3) is 0.333. The van der Waals surface area contributed by atoms with Crippen LogP contribution in [0.5, 0.6) is 0 Å². The highest BCUT2D eigenvalue weighted by Crippen LogP contribution is 2.27. The lowest BCUT2D eigenvalue weighted by Gasteiger charge is -2.32. The highest BCUT2D eigenvalue weighted by Gasteiger charge is 2.26. The Balaban J connectivity index is 1.73. The number of carbonyl (C=O) groups excluding carboxylic acids is 1. The lowest BCUT2D eigenvalue weighted by molar-refractivity contribution is 0.0706. The van der Waals surface area contributed by atoms with Gasteiger partial charge in [-0.25, -0.2) is 9.37 Å². The molecule has 0 unspecified atom stereocenters. The number of hydrogen-bond donors (Lipinski definition) is 0. The SMILES string of the molecule is O=C(c1ccc(F)cc1)N1CCC[C@H](c2cn(Br)cn2)C1. The molecule has 1 saturated heterocycles. The standard InChI is InChI=1S/C15H15BrFN3O/c16-20-9-14(18-10-20)12-2-1-7-19(8-12)15(21)11-3-5-13(17)6-4-11/h3-6,9-10,12H,1-2,7-8H2/t12-/m0/s1. The van der Waals surface area contributed by atoms with Crippen LogP contribution in [-0.4, -0.2) is 32.5 Å². The van der Waals surface area contributed by atoms with Crippen LogP contribution in [0.25, 0.3) is 0 Å². The molecule has 0 saturated carbocycles. The monoisotopic (exact) mass is 351 g/mol. The molecule has 2 aromatic rings. The Bertz CT molecular complexity index is 641. The molecule has 0 bridgehead atoms. The van der Waals surface area contributed by atoms with Crippen molar-refractivity contribution in [2.24, 2.45) is 0 Å². The van der Waals surface area contributed by atoms with Gasteiger partial charge in [-0.05, 0) is 37.1 Å². The molecule has 1 aliphatic heterocycles. The van der Waals surface area contributed by atoms with Crippen molar-refractivity contribution in [2.75, 3.05) is 13.1 Å². The number of aromatic nitrogens is 2. The first kappa shape index (κ1) is 14.3. The summed E-state index contributed by atoms with van der Waals surface area (Å²) >= 11 is 3.32. The number of carbonyl (C=O) groups is 1. The van der Waals surface area contributed by atoms with Gasteiger partial charge in [-0.3, -0.25) is 8.39 Å². The minimum atomic E-state index is -0.328. The van der Waals surface area contributed by atoms with Crippen molar-refractivity contribution in [1.82, 2.24) is 13.5 Å². The molecule has 0 spiro atoms. The van der Waals surface area contributed by atoms with Gasteiger partial charge in [0.05, 0.1) is 21.8 Å². The number of nitrogens with zero attached hydrogens (tertiary/aromatic N) is 3. The topological polar surface area (TPSA) is 38.1 Å². The normalized spacial score (nSPS) is 18.8. The van der Waals surface area contributed by atoms with E-state index in [9.17, 15) is 9.18 Å². The van der Waals surface area contributed by atoms with E-state index in [4.69, 9.17) is 0 Å². The van der Waals surface area contributed by atoms with Crippen molar-refractivity contribution in [1.29, 1.82) is 0 Å². The highest BCUT2D eigenvalue weighted by molar-refractivity contribution is 9.08. The van der Waals surface area contributed by atoms with Crippen molar-refractivity contribution in [3.8, 4) is 0 Å². The van der Waals surface area contributed by atoms with Crippen LogP contribution in [-0.2, 0) is 0 Å². The van der Waals surface area contributed by atoms with Gasteiger partial charge >= 0.3 is 0 Å². The van der Waals surface area contributed by atoms with Crippen molar-refractivity contribution >= 4 is 22.1 Å². The summed E-state index contributed by atoms with van der Waals surface area (Å²) < 4.78 is 14.7. The number of rotatable bonds is 2. The molecule has 21 heavy (non-hydrogen) atoms. The van der Waals surface area contributed by atoms with Gasteiger partial charge in [-0.15, -0.1) is 0 Å². The van der Waals surface area contributed by atoms with Crippen LogP contribution in [0, 0.1) is 5.82 Å². The van der Waals surface area contributed by atoms with E-state index in [0.717, 1.165) is 25.1 Å². The highest BCUT2D eigenvalue weighted by atomic mass is 79.9. The van der Waals surface area contributed by atoms with Gasteiger partial charge in [0.15, 0.2) is 0 Å². The summed E-state index contributed by atoms with van der Waals surface area (Å²) in [5, 5.41) is 0. The summed E-state index contributed by atoms with van der Waals surface area (Å²) in [6, 6.07) is 5.71. The Morgan fingerprint density at radius 3 is 2.76 bits per heavy atom. The van der Waals surface area contributed by atoms with Crippen LogP contribution < -0.4 is 0 Å². The van der Waals surface area contributed by atoms with Gasteiger partial charge < -0.3 is 4.90 Å². The van der Waals surface area contributed by atoms with Crippen molar-refractivity contribution in [3.05, 3.63) is 53.9 Å². The number of benzene rings is 1. The molecule has 0 aliphatic carbocycles. The molecule has 110 valence electrons. The molecular formula is C15H15BrFN3O. The third-order valence-electron chi connectivity index (χ3n) is 3.79. The Kier molecular flexibility index (Phi) is 4.05. The van der Waals surface area contributed by atoms with Crippen molar-refractivity contribution < 1.29 is 9.18 Å². The maximum Gasteiger partial charge on any atom is 0.253 e. The van der Waals surface area contributed by atoms with Gasteiger partial charge in [0.1, 0.15) is 12.1 Å². The maximum absolute atomic E-state index is 12.9. The van der Waals surface area contributed by atoms with Crippen LogP contribution in [0.2, 0.25) is 0 Å². The van der Waals surface area contributed by atoms with Crippen LogP contribution >= 0.6 is 16.1 Å². The maximum atomic E-state index is 12.9. The van der Waals surface area contributed by atoms with E-state index in [2.05, 4.69) is 21.1 Å².